The topological polar surface area (TPSA) is 36.1 Å². The molecular formula is C20H23ClN2O. The van der Waals surface area contributed by atoms with E-state index in [1.165, 1.54) is 18.4 Å². The Hall–Kier alpha value is -1.84. The molecule has 3 rings (SSSR count). The Bertz CT molecular complexity index is 708. The second-order valence-corrected chi connectivity index (χ2v) is 6.90. The van der Waals surface area contributed by atoms with Gasteiger partial charge < -0.3 is 4.98 Å². The summed E-state index contributed by atoms with van der Waals surface area (Å²) in [6.45, 7) is 3.26. The Kier molecular flexibility index (Phi) is 5.89. The van der Waals surface area contributed by atoms with E-state index in [2.05, 4.69) is 34.2 Å². The van der Waals surface area contributed by atoms with E-state index in [4.69, 9.17) is 11.6 Å². The first-order chi connectivity index (χ1) is 11.7. The fourth-order valence-corrected chi connectivity index (χ4v) is 3.32. The van der Waals surface area contributed by atoms with Gasteiger partial charge in [-0.05, 0) is 67.6 Å². The quantitative estimate of drug-likeness (QED) is 0.891. The number of rotatable bonds is 5. The standard InChI is InChI=1S/C20H23ClN2O/c21-19-6-3-16(4-7-19)14-17-9-12-23(13-10-17)11-1-2-18-5-8-20(24)22-15-18/h1-8,15,17H,9-14H2,(H,22,24)/b2-1+. The van der Waals surface area contributed by atoms with Gasteiger partial charge in [-0.25, -0.2) is 0 Å². The van der Waals surface area contributed by atoms with Crippen molar-refractivity contribution in [1.29, 1.82) is 0 Å². The van der Waals surface area contributed by atoms with Crippen LogP contribution in [0, 0.1) is 5.92 Å². The highest BCUT2D eigenvalue weighted by Crippen LogP contribution is 2.22. The number of benzene rings is 1. The molecule has 24 heavy (non-hydrogen) atoms. The first-order valence-electron chi connectivity index (χ1n) is 8.51. The zero-order valence-corrected chi connectivity index (χ0v) is 14.5. The third kappa shape index (κ3) is 5.08. The molecule has 0 saturated carbocycles. The van der Waals surface area contributed by atoms with Crippen molar-refractivity contribution >= 4 is 17.7 Å². The number of H-pyrrole nitrogens is 1. The minimum Gasteiger partial charge on any atom is -0.329 e. The average Bonchev–Trinajstić information content (AvgIpc) is 2.60. The van der Waals surface area contributed by atoms with Crippen molar-refractivity contribution in [3.63, 3.8) is 0 Å². The molecule has 0 spiro atoms. The van der Waals surface area contributed by atoms with Gasteiger partial charge in [0.1, 0.15) is 0 Å². The molecule has 0 amide bonds. The Morgan fingerprint density at radius 3 is 2.54 bits per heavy atom. The third-order valence-corrected chi connectivity index (χ3v) is 4.88. The van der Waals surface area contributed by atoms with Gasteiger partial charge in [0, 0.05) is 23.8 Å². The number of nitrogens with zero attached hydrogens (tertiary/aromatic N) is 1. The molecule has 1 N–H and O–H groups in total. The molecule has 1 aliphatic rings. The number of pyridine rings is 1. The van der Waals surface area contributed by atoms with Crippen molar-refractivity contribution in [3.05, 3.63) is 75.2 Å². The molecule has 0 bridgehead atoms. The highest BCUT2D eigenvalue weighted by molar-refractivity contribution is 6.30. The molecule has 1 saturated heterocycles. The Morgan fingerprint density at radius 1 is 1.12 bits per heavy atom. The van der Waals surface area contributed by atoms with Gasteiger partial charge >= 0.3 is 0 Å². The monoisotopic (exact) mass is 342 g/mol. The van der Waals surface area contributed by atoms with Gasteiger partial charge in [-0.1, -0.05) is 35.9 Å². The summed E-state index contributed by atoms with van der Waals surface area (Å²) < 4.78 is 0. The van der Waals surface area contributed by atoms with Crippen molar-refractivity contribution in [2.75, 3.05) is 19.6 Å². The van der Waals surface area contributed by atoms with E-state index in [-0.39, 0.29) is 5.56 Å². The number of hydrogen-bond donors (Lipinski definition) is 1. The number of piperidine rings is 1. The normalized spacial score (nSPS) is 16.7. The lowest BCUT2D eigenvalue weighted by Gasteiger charge is -2.31. The second-order valence-electron chi connectivity index (χ2n) is 6.46. The van der Waals surface area contributed by atoms with Crippen LogP contribution in [0.5, 0.6) is 0 Å². The van der Waals surface area contributed by atoms with Crippen LogP contribution in [0.25, 0.3) is 6.08 Å². The van der Waals surface area contributed by atoms with E-state index in [1.807, 2.05) is 18.2 Å². The second kappa shape index (κ2) is 8.32. The van der Waals surface area contributed by atoms with Gasteiger partial charge in [0.25, 0.3) is 0 Å². The van der Waals surface area contributed by atoms with Gasteiger partial charge in [-0.15, -0.1) is 0 Å². The minimum atomic E-state index is -0.0603. The lowest BCUT2D eigenvalue weighted by Crippen LogP contribution is -2.34. The molecular weight excluding hydrogens is 320 g/mol. The van der Waals surface area contributed by atoms with Gasteiger partial charge in [0.05, 0.1) is 0 Å². The SMILES string of the molecule is O=c1ccc(/C=C/CN2CCC(Cc3ccc(Cl)cc3)CC2)c[nH]1. The Morgan fingerprint density at radius 2 is 1.88 bits per heavy atom. The molecule has 0 aliphatic carbocycles. The Balaban J connectivity index is 1.42. The summed E-state index contributed by atoms with van der Waals surface area (Å²) in [7, 11) is 0. The van der Waals surface area contributed by atoms with Crippen molar-refractivity contribution in [3.8, 4) is 0 Å². The maximum absolute atomic E-state index is 11.0. The number of likely N-dealkylation sites (tertiary alicyclic amines) is 1. The molecule has 0 radical (unpaired) electrons. The largest absolute Gasteiger partial charge is 0.329 e. The van der Waals surface area contributed by atoms with Gasteiger partial charge in [-0.3, -0.25) is 9.69 Å². The smallest absolute Gasteiger partial charge is 0.247 e. The van der Waals surface area contributed by atoms with Crippen LogP contribution in [0.2, 0.25) is 5.02 Å². The lowest BCUT2D eigenvalue weighted by atomic mass is 9.90. The predicted octanol–water partition coefficient (Wildman–Crippen LogP) is 4.00. The first kappa shape index (κ1) is 17.0. The molecule has 1 aromatic heterocycles. The van der Waals surface area contributed by atoms with Gasteiger partial charge in [-0.2, -0.15) is 0 Å². The predicted molar refractivity (Wildman–Crippen MR) is 100 cm³/mol. The van der Waals surface area contributed by atoms with Crippen LogP contribution in [0.4, 0.5) is 0 Å². The van der Waals surface area contributed by atoms with Gasteiger partial charge in [0.15, 0.2) is 0 Å². The third-order valence-electron chi connectivity index (χ3n) is 4.63. The highest BCUT2D eigenvalue weighted by atomic mass is 35.5. The molecule has 4 heteroatoms. The van der Waals surface area contributed by atoms with Crippen LogP contribution in [0.1, 0.15) is 24.0 Å². The van der Waals surface area contributed by atoms with E-state index >= 15 is 0 Å². The number of nitrogens with one attached hydrogen (secondary N) is 1. The van der Waals surface area contributed by atoms with Crippen molar-refractivity contribution in [2.24, 2.45) is 5.92 Å². The van der Waals surface area contributed by atoms with E-state index in [9.17, 15) is 4.79 Å². The van der Waals surface area contributed by atoms with Gasteiger partial charge in [0.2, 0.25) is 5.56 Å². The fourth-order valence-electron chi connectivity index (χ4n) is 3.19. The van der Waals surface area contributed by atoms with Crippen LogP contribution < -0.4 is 5.56 Å². The molecule has 126 valence electrons. The van der Waals surface area contributed by atoms with E-state index in [0.717, 1.165) is 42.6 Å². The molecule has 1 aliphatic heterocycles. The van der Waals surface area contributed by atoms with Crippen LogP contribution in [0.3, 0.4) is 0 Å². The van der Waals surface area contributed by atoms with Crippen LogP contribution in [-0.4, -0.2) is 29.5 Å². The Labute approximate surface area is 148 Å². The summed E-state index contributed by atoms with van der Waals surface area (Å²) in [5.41, 5.74) is 2.36. The molecule has 3 nitrogen and oxygen atoms in total. The van der Waals surface area contributed by atoms with Crippen molar-refractivity contribution in [2.45, 2.75) is 19.3 Å². The molecule has 2 aromatic rings. The molecule has 0 unspecified atom stereocenters. The fraction of sp³-hybridized carbons (Fsp3) is 0.350. The van der Waals surface area contributed by atoms with E-state index in [1.54, 1.807) is 12.3 Å². The first-order valence-corrected chi connectivity index (χ1v) is 8.89. The van der Waals surface area contributed by atoms with Crippen molar-refractivity contribution < 1.29 is 0 Å². The van der Waals surface area contributed by atoms with Crippen LogP contribution >= 0.6 is 11.6 Å². The number of hydrogen-bond acceptors (Lipinski definition) is 2. The summed E-state index contributed by atoms with van der Waals surface area (Å²) in [6.07, 6.45) is 9.63. The zero-order chi connectivity index (χ0) is 16.8. The summed E-state index contributed by atoms with van der Waals surface area (Å²) in [5.74, 6) is 0.769. The minimum absolute atomic E-state index is 0.0603. The van der Waals surface area contributed by atoms with Crippen molar-refractivity contribution in [1.82, 2.24) is 9.88 Å². The lowest BCUT2D eigenvalue weighted by molar-refractivity contribution is 0.200. The summed E-state index contributed by atoms with van der Waals surface area (Å²) in [5, 5.41) is 0.808. The number of aromatic amines is 1. The van der Waals surface area contributed by atoms with Crippen LogP contribution in [0.15, 0.2) is 53.5 Å². The summed E-state index contributed by atoms with van der Waals surface area (Å²) in [6, 6.07) is 11.6. The van der Waals surface area contributed by atoms with E-state index in [0.29, 0.717) is 0 Å². The summed E-state index contributed by atoms with van der Waals surface area (Å²) >= 11 is 5.94. The molecule has 1 aromatic carbocycles. The zero-order valence-electron chi connectivity index (χ0n) is 13.7. The average molecular weight is 343 g/mol. The summed E-state index contributed by atoms with van der Waals surface area (Å²) in [4.78, 5) is 16.2. The number of halogens is 1. The highest BCUT2D eigenvalue weighted by Gasteiger charge is 2.18. The maximum atomic E-state index is 11.0. The molecule has 0 atom stereocenters. The maximum Gasteiger partial charge on any atom is 0.247 e. The van der Waals surface area contributed by atoms with E-state index < -0.39 is 0 Å². The number of aromatic nitrogens is 1. The van der Waals surface area contributed by atoms with Crippen LogP contribution in [-0.2, 0) is 6.42 Å². The molecule has 1 fully saturated rings. The molecule has 2 heterocycles.